The van der Waals surface area contributed by atoms with E-state index in [4.69, 9.17) is 9.72 Å². The molecule has 1 aliphatic heterocycles. The SMILES string of the molecule is CC(C)c1cccc(C(C)C)c1-c1ccc2c(c1)N(c1cccc(Oc3ccc4c5cc(C(C)(C)c6ccccc6)ccc5n(-c5cc(C(C)(C)C)ccn5)c4c3)c1)CN2c1cc(C(C)(C)C)cc(C(C)(C)c2ccccc2)c1. The lowest BCUT2D eigenvalue weighted by molar-refractivity contribution is 0.483. The Morgan fingerprint density at radius 2 is 1.03 bits per heavy atom. The Morgan fingerprint density at radius 3 is 1.67 bits per heavy atom. The van der Waals surface area contributed by atoms with Crippen LogP contribution in [0.1, 0.15) is 153 Å². The van der Waals surface area contributed by atoms with E-state index in [1.54, 1.807) is 0 Å². The monoisotopic (exact) mass is 1040 g/mol. The standard InChI is InChI=1S/C74H78N4O/c1-48(2)61-29-22-30-62(49(3)4)70(61)50-31-35-66-68(39-50)76(47-77(66)58-41-55(72(8,9)10)40-56(42-58)74(13,14)52-25-19-16-20-26-52)57-27-21-28-59(45-57)79-60-33-34-63-64-43-54(73(11,12)51-23-17-15-18-24-51)32-36-65(64)78(67(63)46-60)69-44-53(37-38-75-69)71(5,6)7/h15-46,48-49H,47H2,1-14H3. The third kappa shape index (κ3) is 9.92. The maximum Gasteiger partial charge on any atom is 0.137 e. The molecule has 1 aliphatic rings. The summed E-state index contributed by atoms with van der Waals surface area (Å²) in [6.07, 6.45) is 1.95. The number of fused-ring (bicyclic) bond motifs is 4. The maximum atomic E-state index is 7.04. The molecule has 0 saturated heterocycles. The number of anilines is 4. The Bertz CT molecular complexity index is 3860. The van der Waals surface area contributed by atoms with Gasteiger partial charge in [-0.1, -0.05) is 200 Å². The minimum atomic E-state index is -0.227. The van der Waals surface area contributed by atoms with Gasteiger partial charge in [0.2, 0.25) is 0 Å². The number of rotatable bonds is 12. The second-order valence-corrected chi connectivity index (χ2v) is 25.8. The van der Waals surface area contributed by atoms with Crippen molar-refractivity contribution in [1.82, 2.24) is 9.55 Å². The number of aromatic nitrogens is 2. The van der Waals surface area contributed by atoms with Crippen molar-refractivity contribution in [3.8, 4) is 28.4 Å². The second-order valence-electron chi connectivity index (χ2n) is 25.8. The van der Waals surface area contributed by atoms with Crippen molar-refractivity contribution in [2.24, 2.45) is 0 Å². The van der Waals surface area contributed by atoms with E-state index in [0.717, 1.165) is 39.4 Å². The predicted molar refractivity (Wildman–Crippen MR) is 335 cm³/mol. The van der Waals surface area contributed by atoms with Crippen LogP contribution >= 0.6 is 0 Å². The van der Waals surface area contributed by atoms with Gasteiger partial charge in [-0.15, -0.1) is 0 Å². The third-order valence-corrected chi connectivity index (χ3v) is 17.0. The van der Waals surface area contributed by atoms with Crippen LogP contribution in [-0.4, -0.2) is 16.2 Å². The average Bonchev–Trinajstić information content (AvgIpc) is 4.13. The normalized spacial score (nSPS) is 13.3. The van der Waals surface area contributed by atoms with Gasteiger partial charge < -0.3 is 14.5 Å². The molecule has 0 amide bonds. The van der Waals surface area contributed by atoms with Gasteiger partial charge in [-0.25, -0.2) is 4.98 Å². The Morgan fingerprint density at radius 1 is 0.418 bits per heavy atom. The van der Waals surface area contributed by atoms with Crippen LogP contribution in [0.25, 0.3) is 38.8 Å². The fourth-order valence-electron chi connectivity index (χ4n) is 11.9. The fourth-order valence-corrected chi connectivity index (χ4v) is 11.9. The molecule has 0 spiro atoms. The van der Waals surface area contributed by atoms with Crippen LogP contribution in [0.15, 0.2) is 194 Å². The smallest absolute Gasteiger partial charge is 0.137 e. The highest BCUT2D eigenvalue weighted by molar-refractivity contribution is 6.10. The van der Waals surface area contributed by atoms with E-state index in [9.17, 15) is 0 Å². The molecule has 0 saturated carbocycles. The van der Waals surface area contributed by atoms with Gasteiger partial charge in [0.25, 0.3) is 0 Å². The number of hydrogen-bond acceptors (Lipinski definition) is 4. The Balaban J connectivity index is 1.03. The molecule has 10 aromatic rings. The molecule has 0 bridgehead atoms. The molecule has 400 valence electrons. The minimum absolute atomic E-state index is 0.0502. The molecule has 0 unspecified atom stereocenters. The van der Waals surface area contributed by atoms with Gasteiger partial charge in [0.05, 0.1) is 22.4 Å². The number of ether oxygens (including phenoxy) is 1. The van der Waals surface area contributed by atoms with E-state index in [2.05, 4.69) is 299 Å². The molecule has 8 aromatic carbocycles. The fraction of sp³-hybridized carbons (Fsp3) is 0.284. The molecule has 5 heteroatoms. The van der Waals surface area contributed by atoms with Crippen LogP contribution in [0.3, 0.4) is 0 Å². The molecular formula is C74H78N4O. The molecule has 2 aromatic heterocycles. The molecule has 0 atom stereocenters. The molecular weight excluding hydrogens is 961 g/mol. The Labute approximate surface area is 470 Å². The van der Waals surface area contributed by atoms with Crippen LogP contribution in [0.4, 0.5) is 22.7 Å². The summed E-state index contributed by atoms with van der Waals surface area (Å²) in [5.74, 6) is 3.15. The van der Waals surface area contributed by atoms with Crippen molar-refractivity contribution in [1.29, 1.82) is 0 Å². The molecule has 11 rings (SSSR count). The minimum Gasteiger partial charge on any atom is -0.457 e. The highest BCUT2D eigenvalue weighted by Gasteiger charge is 2.33. The quantitative estimate of drug-likeness (QED) is 0.122. The molecule has 79 heavy (non-hydrogen) atoms. The van der Waals surface area contributed by atoms with Crippen LogP contribution in [-0.2, 0) is 21.7 Å². The first kappa shape index (κ1) is 53.1. The summed E-state index contributed by atoms with van der Waals surface area (Å²) in [4.78, 5) is 10.0. The van der Waals surface area contributed by atoms with Crippen molar-refractivity contribution in [2.45, 2.75) is 130 Å². The maximum absolute atomic E-state index is 7.04. The van der Waals surface area contributed by atoms with Crippen LogP contribution in [0.5, 0.6) is 11.5 Å². The summed E-state index contributed by atoms with van der Waals surface area (Å²) in [5.41, 5.74) is 19.2. The molecule has 0 N–H and O–H groups in total. The summed E-state index contributed by atoms with van der Waals surface area (Å²) >= 11 is 0. The number of pyridine rings is 1. The zero-order valence-electron chi connectivity index (χ0n) is 49.0. The lowest BCUT2D eigenvalue weighted by Crippen LogP contribution is -2.26. The molecule has 0 aliphatic carbocycles. The molecule has 5 nitrogen and oxygen atoms in total. The number of benzene rings is 8. The average molecular weight is 1040 g/mol. The van der Waals surface area contributed by atoms with E-state index in [0.29, 0.717) is 18.5 Å². The zero-order chi connectivity index (χ0) is 55.8. The largest absolute Gasteiger partial charge is 0.457 e. The summed E-state index contributed by atoms with van der Waals surface area (Å²) < 4.78 is 9.36. The van der Waals surface area contributed by atoms with Gasteiger partial charge in [0.1, 0.15) is 24.0 Å². The van der Waals surface area contributed by atoms with E-state index < -0.39 is 0 Å². The van der Waals surface area contributed by atoms with Gasteiger partial charge in [-0.2, -0.15) is 0 Å². The first-order valence-electron chi connectivity index (χ1n) is 28.5. The lowest BCUT2D eigenvalue weighted by atomic mass is 9.75. The highest BCUT2D eigenvalue weighted by atomic mass is 16.5. The number of nitrogens with zero attached hydrogens (tertiary/aromatic N) is 4. The molecule has 0 fully saturated rings. The van der Waals surface area contributed by atoms with Crippen LogP contribution in [0.2, 0.25) is 0 Å². The Hall–Kier alpha value is -7.89. The van der Waals surface area contributed by atoms with E-state index in [1.807, 2.05) is 6.20 Å². The summed E-state index contributed by atoms with van der Waals surface area (Å²) in [6.45, 7) is 33.0. The highest BCUT2D eigenvalue weighted by Crippen LogP contribution is 2.50. The van der Waals surface area contributed by atoms with Gasteiger partial charge in [0, 0.05) is 51.3 Å². The van der Waals surface area contributed by atoms with Crippen LogP contribution in [0, 0.1) is 0 Å². The van der Waals surface area contributed by atoms with Gasteiger partial charge >= 0.3 is 0 Å². The van der Waals surface area contributed by atoms with Crippen LogP contribution < -0.4 is 14.5 Å². The zero-order valence-corrected chi connectivity index (χ0v) is 49.0. The second kappa shape index (κ2) is 20.1. The summed E-state index contributed by atoms with van der Waals surface area (Å²) in [5, 5.41) is 2.34. The Kier molecular flexibility index (Phi) is 13.5. The predicted octanol–water partition coefficient (Wildman–Crippen LogP) is 20.4. The summed E-state index contributed by atoms with van der Waals surface area (Å²) in [7, 11) is 0. The molecule has 0 radical (unpaired) electrons. The third-order valence-electron chi connectivity index (χ3n) is 17.0. The van der Waals surface area contributed by atoms with Crippen molar-refractivity contribution in [3.05, 3.63) is 239 Å². The molecule has 3 heterocycles. The number of hydrogen-bond donors (Lipinski definition) is 0. The van der Waals surface area contributed by atoms with E-state index in [-0.39, 0.29) is 21.7 Å². The first-order chi connectivity index (χ1) is 37.6. The first-order valence-corrected chi connectivity index (χ1v) is 28.5. The lowest BCUT2D eigenvalue weighted by Gasteiger charge is -2.31. The van der Waals surface area contributed by atoms with E-state index >= 15 is 0 Å². The van der Waals surface area contributed by atoms with E-state index in [1.165, 1.54) is 78.1 Å². The van der Waals surface area contributed by atoms with Crippen molar-refractivity contribution in [2.75, 3.05) is 16.5 Å². The van der Waals surface area contributed by atoms with Gasteiger partial charge in [-0.3, -0.25) is 4.57 Å². The van der Waals surface area contributed by atoms with Gasteiger partial charge in [0.15, 0.2) is 0 Å². The van der Waals surface area contributed by atoms with Crippen molar-refractivity contribution < 1.29 is 4.74 Å². The topological polar surface area (TPSA) is 33.5 Å². The van der Waals surface area contributed by atoms with Crippen molar-refractivity contribution >= 4 is 44.6 Å². The van der Waals surface area contributed by atoms with Crippen molar-refractivity contribution in [3.63, 3.8) is 0 Å². The summed E-state index contributed by atoms with van der Waals surface area (Å²) in [6, 6.07) is 69.6. The van der Waals surface area contributed by atoms with Gasteiger partial charge in [-0.05, 0) is 151 Å².